The second-order valence-corrected chi connectivity index (χ2v) is 2.06. The molecule has 0 aliphatic carbocycles. The highest BCUT2D eigenvalue weighted by Crippen LogP contribution is 2.25. The van der Waals surface area contributed by atoms with E-state index >= 15 is 0 Å². The number of phenolic OH excluding ortho intramolecular Hbond substituents is 2. The van der Waals surface area contributed by atoms with Gasteiger partial charge in [0.15, 0.2) is 11.5 Å². The summed E-state index contributed by atoms with van der Waals surface area (Å²) in [6, 6.07) is 4.27. The SMILES string of the molecule is O/C=C/c1ccc(O)c(O)c1. The molecule has 0 aromatic heterocycles. The molecule has 0 unspecified atom stereocenters. The van der Waals surface area contributed by atoms with Crippen LogP contribution in [0.1, 0.15) is 5.56 Å². The summed E-state index contributed by atoms with van der Waals surface area (Å²) in [5.74, 6) is -0.360. The van der Waals surface area contributed by atoms with E-state index in [9.17, 15) is 0 Å². The van der Waals surface area contributed by atoms with E-state index in [0.717, 1.165) is 6.26 Å². The lowest BCUT2D eigenvalue weighted by Gasteiger charge is -1.97. The largest absolute Gasteiger partial charge is 0.516 e. The Bertz CT molecular complexity index is 279. The molecular weight excluding hydrogens is 144 g/mol. The quantitative estimate of drug-likeness (QED) is 0.423. The third kappa shape index (κ3) is 1.64. The third-order valence-electron chi connectivity index (χ3n) is 1.27. The Morgan fingerprint density at radius 2 is 1.82 bits per heavy atom. The van der Waals surface area contributed by atoms with Crippen molar-refractivity contribution in [2.45, 2.75) is 0 Å². The van der Waals surface area contributed by atoms with Gasteiger partial charge in [0.25, 0.3) is 0 Å². The second kappa shape index (κ2) is 2.96. The number of benzene rings is 1. The van der Waals surface area contributed by atoms with Crippen molar-refractivity contribution in [3.63, 3.8) is 0 Å². The van der Waals surface area contributed by atoms with Crippen LogP contribution in [0.5, 0.6) is 11.5 Å². The Labute approximate surface area is 63.9 Å². The number of hydrogen-bond acceptors (Lipinski definition) is 3. The Balaban J connectivity index is 3.05. The van der Waals surface area contributed by atoms with E-state index in [1.54, 1.807) is 6.07 Å². The Morgan fingerprint density at radius 3 is 2.36 bits per heavy atom. The van der Waals surface area contributed by atoms with Gasteiger partial charge in [0, 0.05) is 0 Å². The summed E-state index contributed by atoms with van der Waals surface area (Å²) in [5.41, 5.74) is 0.628. The lowest BCUT2D eigenvalue weighted by molar-refractivity contribution is 0.403. The van der Waals surface area contributed by atoms with Crippen LogP contribution < -0.4 is 0 Å². The number of hydrogen-bond donors (Lipinski definition) is 3. The summed E-state index contributed by atoms with van der Waals surface area (Å²) >= 11 is 0. The maximum atomic E-state index is 8.96. The van der Waals surface area contributed by atoms with E-state index in [0.29, 0.717) is 5.56 Å². The van der Waals surface area contributed by atoms with Crippen LogP contribution in [-0.2, 0) is 0 Å². The molecule has 0 heterocycles. The molecule has 11 heavy (non-hydrogen) atoms. The van der Waals surface area contributed by atoms with Gasteiger partial charge in [-0.3, -0.25) is 0 Å². The average Bonchev–Trinajstić information content (AvgIpc) is 1.98. The zero-order valence-electron chi connectivity index (χ0n) is 5.73. The van der Waals surface area contributed by atoms with Crippen LogP contribution in [0, 0.1) is 0 Å². The minimum absolute atomic E-state index is 0.167. The summed E-state index contributed by atoms with van der Waals surface area (Å²) in [6.07, 6.45) is 2.27. The van der Waals surface area contributed by atoms with Gasteiger partial charge in [-0.15, -0.1) is 0 Å². The molecule has 1 rings (SSSR count). The van der Waals surface area contributed by atoms with Gasteiger partial charge in [-0.2, -0.15) is 0 Å². The molecule has 3 N–H and O–H groups in total. The third-order valence-corrected chi connectivity index (χ3v) is 1.27. The van der Waals surface area contributed by atoms with Gasteiger partial charge in [0.1, 0.15) is 0 Å². The summed E-state index contributed by atoms with van der Waals surface area (Å²) < 4.78 is 0. The van der Waals surface area contributed by atoms with Crippen LogP contribution in [0.2, 0.25) is 0 Å². The fourth-order valence-corrected chi connectivity index (χ4v) is 0.730. The first-order valence-electron chi connectivity index (χ1n) is 3.07. The monoisotopic (exact) mass is 152 g/mol. The van der Waals surface area contributed by atoms with Gasteiger partial charge in [-0.1, -0.05) is 6.07 Å². The van der Waals surface area contributed by atoms with Gasteiger partial charge < -0.3 is 15.3 Å². The molecule has 1 aromatic carbocycles. The first-order valence-corrected chi connectivity index (χ1v) is 3.07. The van der Waals surface area contributed by atoms with Crippen molar-refractivity contribution >= 4 is 6.08 Å². The molecule has 3 nitrogen and oxygen atoms in total. The molecule has 0 spiro atoms. The number of aliphatic hydroxyl groups is 1. The van der Waals surface area contributed by atoms with Crippen LogP contribution in [-0.4, -0.2) is 15.3 Å². The first kappa shape index (κ1) is 7.47. The number of rotatable bonds is 1. The molecule has 0 amide bonds. The van der Waals surface area contributed by atoms with Gasteiger partial charge >= 0.3 is 0 Å². The fourth-order valence-electron chi connectivity index (χ4n) is 0.730. The maximum absolute atomic E-state index is 8.96. The maximum Gasteiger partial charge on any atom is 0.157 e. The van der Waals surface area contributed by atoms with Crippen LogP contribution in [0.25, 0.3) is 6.08 Å². The Morgan fingerprint density at radius 1 is 1.09 bits per heavy atom. The van der Waals surface area contributed by atoms with Crippen LogP contribution in [0.4, 0.5) is 0 Å². The predicted molar refractivity (Wildman–Crippen MR) is 41.4 cm³/mol. The van der Waals surface area contributed by atoms with Crippen molar-refractivity contribution in [2.24, 2.45) is 0 Å². The highest BCUT2D eigenvalue weighted by molar-refractivity contribution is 5.54. The van der Waals surface area contributed by atoms with E-state index in [1.807, 2.05) is 0 Å². The molecular formula is C8H8O3. The van der Waals surface area contributed by atoms with E-state index in [4.69, 9.17) is 15.3 Å². The van der Waals surface area contributed by atoms with Gasteiger partial charge in [0.05, 0.1) is 6.26 Å². The smallest absolute Gasteiger partial charge is 0.157 e. The molecule has 0 bridgehead atoms. The Kier molecular flexibility index (Phi) is 2.01. The molecule has 0 saturated carbocycles. The van der Waals surface area contributed by atoms with Crippen molar-refractivity contribution in [3.8, 4) is 11.5 Å². The summed E-state index contributed by atoms with van der Waals surface area (Å²) in [6.45, 7) is 0. The molecule has 1 aromatic rings. The first-order chi connectivity index (χ1) is 5.24. The summed E-state index contributed by atoms with van der Waals surface area (Å²) in [7, 11) is 0. The molecule has 3 heteroatoms. The highest BCUT2D eigenvalue weighted by Gasteiger charge is 1.96. The summed E-state index contributed by atoms with van der Waals surface area (Å²) in [5, 5.41) is 26.2. The number of aromatic hydroxyl groups is 2. The minimum Gasteiger partial charge on any atom is -0.516 e. The highest BCUT2D eigenvalue weighted by atomic mass is 16.3. The molecule has 0 aliphatic heterocycles. The van der Waals surface area contributed by atoms with Crippen molar-refractivity contribution in [1.82, 2.24) is 0 Å². The van der Waals surface area contributed by atoms with Gasteiger partial charge in [-0.05, 0) is 23.8 Å². The lowest BCUT2D eigenvalue weighted by Crippen LogP contribution is -1.72. The molecule has 58 valence electrons. The van der Waals surface area contributed by atoms with Gasteiger partial charge in [0.2, 0.25) is 0 Å². The zero-order chi connectivity index (χ0) is 8.27. The number of aliphatic hydroxyl groups excluding tert-OH is 1. The van der Waals surface area contributed by atoms with Crippen molar-refractivity contribution in [2.75, 3.05) is 0 Å². The fraction of sp³-hybridized carbons (Fsp3) is 0. The van der Waals surface area contributed by atoms with Crippen LogP contribution in [0.3, 0.4) is 0 Å². The van der Waals surface area contributed by atoms with E-state index in [-0.39, 0.29) is 11.5 Å². The molecule has 0 radical (unpaired) electrons. The number of phenols is 2. The Hall–Kier alpha value is -1.64. The molecule has 0 saturated heterocycles. The second-order valence-electron chi connectivity index (χ2n) is 2.06. The van der Waals surface area contributed by atoms with Crippen molar-refractivity contribution in [3.05, 3.63) is 30.0 Å². The van der Waals surface area contributed by atoms with Crippen LogP contribution >= 0.6 is 0 Å². The van der Waals surface area contributed by atoms with Crippen molar-refractivity contribution < 1.29 is 15.3 Å². The lowest BCUT2D eigenvalue weighted by atomic mass is 10.2. The predicted octanol–water partition coefficient (Wildman–Crippen LogP) is 1.63. The molecule has 0 aliphatic rings. The normalized spacial score (nSPS) is 10.5. The van der Waals surface area contributed by atoms with E-state index in [1.165, 1.54) is 18.2 Å². The molecule has 0 fully saturated rings. The van der Waals surface area contributed by atoms with Crippen LogP contribution in [0.15, 0.2) is 24.5 Å². The standard InChI is InChI=1S/C8H8O3/c9-4-3-6-1-2-7(10)8(11)5-6/h1-5,9-11H/b4-3+. The summed E-state index contributed by atoms with van der Waals surface area (Å²) in [4.78, 5) is 0. The van der Waals surface area contributed by atoms with Gasteiger partial charge in [-0.25, -0.2) is 0 Å². The van der Waals surface area contributed by atoms with Crippen molar-refractivity contribution in [1.29, 1.82) is 0 Å². The van der Waals surface area contributed by atoms with E-state index < -0.39 is 0 Å². The molecule has 0 atom stereocenters. The minimum atomic E-state index is -0.194. The average molecular weight is 152 g/mol. The zero-order valence-corrected chi connectivity index (χ0v) is 5.73. The van der Waals surface area contributed by atoms with E-state index in [2.05, 4.69) is 0 Å². The topological polar surface area (TPSA) is 60.7 Å².